The molecule has 3 aromatic rings. The number of amides is 1. The second-order valence-electron chi connectivity index (χ2n) is 11.8. The van der Waals surface area contributed by atoms with Crippen LogP contribution in [0.1, 0.15) is 82.3 Å². The lowest BCUT2D eigenvalue weighted by Crippen LogP contribution is -2.44. The van der Waals surface area contributed by atoms with Gasteiger partial charge in [-0.15, -0.1) is 0 Å². The van der Waals surface area contributed by atoms with Crippen LogP contribution in [0.25, 0.3) is 5.65 Å². The van der Waals surface area contributed by atoms with Gasteiger partial charge in [0.1, 0.15) is 11.5 Å². The van der Waals surface area contributed by atoms with Crippen LogP contribution < -0.4 is 4.90 Å². The first-order valence-electron chi connectivity index (χ1n) is 14.3. The lowest BCUT2D eigenvalue weighted by Gasteiger charge is -2.39. The molecule has 5 rings (SSSR count). The Hall–Kier alpha value is -3.29. The lowest BCUT2D eigenvalue weighted by atomic mass is 9.78. The molecule has 1 saturated carbocycles. The normalized spacial score (nSPS) is 20.5. The quantitative estimate of drug-likeness (QED) is 0.364. The second kappa shape index (κ2) is 10.7. The number of anilines is 2. The van der Waals surface area contributed by atoms with E-state index in [2.05, 4.69) is 15.0 Å². The fraction of sp³-hybridized carbons (Fsp3) is 0.548. The van der Waals surface area contributed by atoms with Gasteiger partial charge in [0, 0.05) is 43.6 Å². The van der Waals surface area contributed by atoms with Crippen LogP contribution in [0.5, 0.6) is 0 Å². The van der Waals surface area contributed by atoms with E-state index >= 15 is 4.39 Å². The van der Waals surface area contributed by atoms with E-state index in [0.717, 1.165) is 66.2 Å². The van der Waals surface area contributed by atoms with Gasteiger partial charge in [-0.1, -0.05) is 19.1 Å². The number of aromatic nitrogens is 3. The molecule has 8 heteroatoms. The monoisotopic (exact) mass is 533 g/mol. The summed E-state index contributed by atoms with van der Waals surface area (Å²) in [6.07, 6.45) is 7.25. The Kier molecular flexibility index (Phi) is 7.49. The van der Waals surface area contributed by atoms with Crippen LogP contribution in [0.3, 0.4) is 0 Å². The molecular weight excluding hydrogens is 493 g/mol. The molecule has 1 aromatic carbocycles. The van der Waals surface area contributed by atoms with Gasteiger partial charge in [0.25, 0.3) is 0 Å². The van der Waals surface area contributed by atoms with Gasteiger partial charge in [0.2, 0.25) is 5.91 Å². The number of carbonyl (C=O) groups excluding carboxylic acids is 2. The SMILES string of the molecule is CCC(=O)C1CCC(C(=O)N(C)[C@@H](c2ccc(N3CCCc4c3cnc3cc(C)nn43)cc2)C(C)(C)F)CC1. The lowest BCUT2D eigenvalue weighted by molar-refractivity contribution is -0.141. The van der Waals surface area contributed by atoms with Crippen molar-refractivity contribution < 1.29 is 14.0 Å². The summed E-state index contributed by atoms with van der Waals surface area (Å²) in [5.74, 6) is 0.147. The van der Waals surface area contributed by atoms with Gasteiger partial charge >= 0.3 is 0 Å². The summed E-state index contributed by atoms with van der Waals surface area (Å²) >= 11 is 0. The van der Waals surface area contributed by atoms with Crippen molar-refractivity contribution in [2.24, 2.45) is 11.8 Å². The molecule has 2 aromatic heterocycles. The molecule has 0 radical (unpaired) electrons. The zero-order chi connectivity index (χ0) is 27.9. The van der Waals surface area contributed by atoms with E-state index in [4.69, 9.17) is 0 Å². The van der Waals surface area contributed by atoms with Crippen molar-refractivity contribution in [3.8, 4) is 0 Å². The van der Waals surface area contributed by atoms with E-state index < -0.39 is 11.7 Å². The molecule has 1 fully saturated rings. The maximum absolute atomic E-state index is 15.7. The first kappa shape index (κ1) is 27.3. The van der Waals surface area contributed by atoms with Crippen LogP contribution in [0.2, 0.25) is 0 Å². The molecule has 0 unspecified atom stereocenters. The molecule has 1 amide bonds. The summed E-state index contributed by atoms with van der Waals surface area (Å²) in [4.78, 5) is 34.1. The van der Waals surface area contributed by atoms with Crippen LogP contribution in [0.4, 0.5) is 15.8 Å². The van der Waals surface area contributed by atoms with Gasteiger partial charge in [-0.2, -0.15) is 5.10 Å². The number of hydrogen-bond acceptors (Lipinski definition) is 5. The second-order valence-corrected chi connectivity index (χ2v) is 11.8. The molecule has 7 nitrogen and oxygen atoms in total. The number of Topliss-reactive ketones (excluding diaryl/α,β-unsaturated/α-hetero) is 1. The van der Waals surface area contributed by atoms with E-state index in [1.54, 1.807) is 11.9 Å². The summed E-state index contributed by atoms with van der Waals surface area (Å²) in [6.45, 7) is 7.81. The highest BCUT2D eigenvalue weighted by Gasteiger charge is 2.39. The van der Waals surface area contributed by atoms with Crippen molar-refractivity contribution in [3.05, 3.63) is 53.5 Å². The van der Waals surface area contributed by atoms with Crippen LogP contribution in [0, 0.1) is 18.8 Å². The number of carbonyl (C=O) groups is 2. The molecule has 1 atom stereocenters. The number of hydrogen-bond donors (Lipinski definition) is 0. The van der Waals surface area contributed by atoms with E-state index in [9.17, 15) is 9.59 Å². The number of benzene rings is 1. The zero-order valence-corrected chi connectivity index (χ0v) is 23.8. The molecule has 1 aliphatic carbocycles. The van der Waals surface area contributed by atoms with E-state index in [-0.39, 0.29) is 23.5 Å². The van der Waals surface area contributed by atoms with Gasteiger partial charge in [-0.25, -0.2) is 13.9 Å². The fourth-order valence-electron chi connectivity index (χ4n) is 6.62. The minimum atomic E-state index is -1.63. The predicted molar refractivity (Wildman–Crippen MR) is 151 cm³/mol. The van der Waals surface area contributed by atoms with Gasteiger partial charge in [0.05, 0.1) is 29.3 Å². The number of aryl methyl sites for hydroxylation is 2. The molecule has 0 bridgehead atoms. The Morgan fingerprint density at radius 3 is 2.44 bits per heavy atom. The molecule has 1 aliphatic heterocycles. The number of halogens is 1. The van der Waals surface area contributed by atoms with Crippen molar-refractivity contribution in [1.82, 2.24) is 19.5 Å². The van der Waals surface area contributed by atoms with Crippen LogP contribution >= 0.6 is 0 Å². The number of rotatable bonds is 7. The Morgan fingerprint density at radius 1 is 1.13 bits per heavy atom. The third-order valence-corrected chi connectivity index (χ3v) is 8.56. The molecule has 0 N–H and O–H groups in total. The van der Waals surface area contributed by atoms with Crippen molar-refractivity contribution in [2.45, 2.75) is 84.4 Å². The number of alkyl halides is 1. The van der Waals surface area contributed by atoms with Crippen LogP contribution in [-0.2, 0) is 16.0 Å². The number of ketones is 1. The number of nitrogens with zero attached hydrogens (tertiary/aromatic N) is 5. The average molecular weight is 534 g/mol. The van der Waals surface area contributed by atoms with Crippen molar-refractivity contribution >= 4 is 28.7 Å². The Balaban J connectivity index is 1.36. The molecule has 0 saturated heterocycles. The number of fused-ring (bicyclic) bond motifs is 3. The molecule has 39 heavy (non-hydrogen) atoms. The standard InChI is InChI=1S/C31H40FN5O2/c1-6-27(38)21-9-11-23(12-10-21)30(39)35(5)29(31(3,4)32)22-13-15-24(16-14-22)36-17-7-8-25-26(36)19-33-28-18-20(2)34-37(25)28/h13-16,18-19,21,23,29H,6-12,17H2,1-5H3/t21?,23?,29-/m0/s1. The Bertz CT molecular complexity index is 1350. The maximum Gasteiger partial charge on any atom is 0.226 e. The van der Waals surface area contributed by atoms with Gasteiger partial charge in [-0.3, -0.25) is 9.59 Å². The van der Waals surface area contributed by atoms with Crippen LogP contribution in [-0.4, -0.2) is 50.4 Å². The average Bonchev–Trinajstić information content (AvgIpc) is 3.32. The van der Waals surface area contributed by atoms with E-state index in [1.807, 2.05) is 54.9 Å². The largest absolute Gasteiger partial charge is 0.339 e. The van der Waals surface area contributed by atoms with Crippen molar-refractivity contribution in [1.29, 1.82) is 0 Å². The molecule has 2 aliphatic rings. The topological polar surface area (TPSA) is 70.8 Å². The highest BCUT2D eigenvalue weighted by molar-refractivity contribution is 5.82. The van der Waals surface area contributed by atoms with Crippen molar-refractivity contribution in [3.63, 3.8) is 0 Å². The smallest absolute Gasteiger partial charge is 0.226 e. The summed E-state index contributed by atoms with van der Waals surface area (Å²) in [6, 6.07) is 9.20. The predicted octanol–water partition coefficient (Wildman–Crippen LogP) is 6.16. The maximum atomic E-state index is 15.7. The van der Waals surface area contributed by atoms with Gasteiger partial charge in [0.15, 0.2) is 5.65 Å². The third-order valence-electron chi connectivity index (χ3n) is 8.56. The first-order chi connectivity index (χ1) is 18.6. The third kappa shape index (κ3) is 5.30. The summed E-state index contributed by atoms with van der Waals surface area (Å²) < 4.78 is 17.6. The summed E-state index contributed by atoms with van der Waals surface area (Å²) in [5, 5.41) is 4.64. The molecule has 208 valence electrons. The van der Waals surface area contributed by atoms with Gasteiger partial charge < -0.3 is 9.80 Å². The van der Waals surface area contributed by atoms with Gasteiger partial charge in [-0.05, 0) is 77.0 Å². The van der Waals surface area contributed by atoms with E-state index in [0.29, 0.717) is 19.3 Å². The zero-order valence-electron chi connectivity index (χ0n) is 23.8. The fourth-order valence-corrected chi connectivity index (χ4v) is 6.62. The van der Waals surface area contributed by atoms with E-state index in [1.165, 1.54) is 13.8 Å². The Morgan fingerprint density at radius 2 is 1.79 bits per heavy atom. The van der Waals surface area contributed by atoms with Crippen LogP contribution in [0.15, 0.2) is 36.5 Å². The highest BCUT2D eigenvalue weighted by atomic mass is 19.1. The minimum Gasteiger partial charge on any atom is -0.339 e. The first-order valence-corrected chi connectivity index (χ1v) is 14.3. The van der Waals surface area contributed by atoms with Crippen molar-refractivity contribution in [2.75, 3.05) is 18.5 Å². The molecular formula is C31H40FN5O2. The Labute approximate surface area is 230 Å². The summed E-state index contributed by atoms with van der Waals surface area (Å²) in [5.41, 5.74) is 4.13. The minimum absolute atomic E-state index is 0.0354. The molecule has 3 heterocycles. The highest BCUT2D eigenvalue weighted by Crippen LogP contribution is 2.39. The summed E-state index contributed by atoms with van der Waals surface area (Å²) in [7, 11) is 1.72. The molecule has 0 spiro atoms.